The number of thioether (sulfide) groups is 1. The second kappa shape index (κ2) is 7.84. The van der Waals surface area contributed by atoms with Gasteiger partial charge in [0.2, 0.25) is 5.78 Å². The minimum absolute atomic E-state index is 0.400. The van der Waals surface area contributed by atoms with Crippen molar-refractivity contribution in [2.75, 3.05) is 41.5 Å². The van der Waals surface area contributed by atoms with E-state index in [1.165, 1.54) is 14.2 Å². The van der Waals surface area contributed by atoms with Gasteiger partial charge >= 0.3 is 8.80 Å². The summed E-state index contributed by atoms with van der Waals surface area (Å²) in [5.41, 5.74) is 0. The molecule has 0 radical (unpaired) electrons. The Bertz CT molecular complexity index is 389. The Morgan fingerprint density at radius 3 is 2.24 bits per heavy atom. The van der Waals surface area contributed by atoms with Crippen molar-refractivity contribution in [3.05, 3.63) is 0 Å². The van der Waals surface area contributed by atoms with Gasteiger partial charge in [-0.15, -0.1) is 0 Å². The number of hydrogen-bond donors (Lipinski definition) is 0. The molecule has 1 aliphatic heterocycles. The van der Waals surface area contributed by atoms with Crippen molar-refractivity contribution >= 4 is 31.5 Å². The van der Waals surface area contributed by atoms with E-state index in [9.17, 15) is 9.59 Å². The number of ketones is 1. The van der Waals surface area contributed by atoms with E-state index in [1.54, 1.807) is 0 Å². The Morgan fingerprint density at radius 1 is 1.24 bits per heavy atom. The van der Waals surface area contributed by atoms with Crippen LogP contribution >= 0.6 is 11.8 Å². The first-order chi connectivity index (χ1) is 9.89. The van der Waals surface area contributed by atoms with Gasteiger partial charge in [0.05, 0.1) is 6.61 Å². The first-order valence-electron chi connectivity index (χ1n) is 7.06. The van der Waals surface area contributed by atoms with Crippen molar-refractivity contribution < 1.29 is 22.9 Å². The number of carbonyl (C=O) groups is 2. The Morgan fingerprint density at radius 2 is 1.86 bits per heavy atom. The Balaban J connectivity index is 2.97. The Kier molecular flexibility index (Phi) is 7.02. The highest BCUT2D eigenvalue weighted by atomic mass is 32.2. The molecule has 0 N–H and O–H groups in total. The minimum Gasteiger partial charge on any atom is -0.376 e. The van der Waals surface area contributed by atoms with Crippen molar-refractivity contribution in [3.63, 3.8) is 0 Å². The van der Waals surface area contributed by atoms with Crippen molar-refractivity contribution in [2.24, 2.45) is 0 Å². The molecule has 21 heavy (non-hydrogen) atoms. The van der Waals surface area contributed by atoms with E-state index in [1.807, 2.05) is 25.9 Å². The van der Waals surface area contributed by atoms with Crippen LogP contribution in [0.1, 0.15) is 26.2 Å². The zero-order valence-corrected chi connectivity index (χ0v) is 15.2. The first kappa shape index (κ1) is 18.8. The lowest BCUT2D eigenvalue weighted by atomic mass is 10.1. The second-order valence-electron chi connectivity index (χ2n) is 5.27. The molecule has 0 aromatic rings. The molecular weight excluding hydrogens is 310 g/mol. The molecule has 122 valence electrons. The van der Waals surface area contributed by atoms with Gasteiger partial charge in [0.1, 0.15) is 0 Å². The molecule has 0 saturated carbocycles. The Hall–Kier alpha value is -0.253. The topological polar surface area (TPSA) is 65.1 Å². The molecule has 0 aliphatic carbocycles. The van der Waals surface area contributed by atoms with Gasteiger partial charge in [0, 0.05) is 20.8 Å². The SMILES string of the molecule is CCCCC1([Si](OC)(OC)OCCN(C)C)SC(=O)C1=O. The summed E-state index contributed by atoms with van der Waals surface area (Å²) in [5.74, 6) is -0.416. The van der Waals surface area contributed by atoms with E-state index in [0.717, 1.165) is 24.6 Å². The summed E-state index contributed by atoms with van der Waals surface area (Å²) in [6.07, 6.45) is 2.30. The summed E-state index contributed by atoms with van der Waals surface area (Å²) in [7, 11) is 3.61. The maximum absolute atomic E-state index is 12.3. The molecule has 0 aromatic heterocycles. The largest absolute Gasteiger partial charge is 0.526 e. The molecular formula is C13H25NO5SSi. The van der Waals surface area contributed by atoms with Crippen LogP contribution in [-0.2, 0) is 22.9 Å². The van der Waals surface area contributed by atoms with Gasteiger partial charge in [-0.2, -0.15) is 0 Å². The lowest BCUT2D eigenvalue weighted by Gasteiger charge is -2.46. The summed E-state index contributed by atoms with van der Waals surface area (Å²) in [6, 6.07) is 0. The van der Waals surface area contributed by atoms with Crippen LogP contribution in [0.25, 0.3) is 0 Å². The van der Waals surface area contributed by atoms with Gasteiger partial charge in [0.25, 0.3) is 5.12 Å². The standard InChI is InChI=1S/C13H25NO5SSi/c1-6-7-8-13(11(15)12(16)20-13)21(17-4,18-5)19-10-9-14(2)3/h6-10H2,1-5H3. The fourth-order valence-corrected chi connectivity index (χ4v) is 7.26. The van der Waals surface area contributed by atoms with Crippen molar-refractivity contribution in [1.82, 2.24) is 4.90 Å². The molecule has 0 aromatic carbocycles. The molecule has 8 heteroatoms. The zero-order valence-electron chi connectivity index (χ0n) is 13.4. The van der Waals surface area contributed by atoms with Crippen LogP contribution in [0.4, 0.5) is 0 Å². The predicted molar refractivity (Wildman–Crippen MR) is 84.1 cm³/mol. The van der Waals surface area contributed by atoms with E-state index < -0.39 is 24.1 Å². The lowest BCUT2D eigenvalue weighted by molar-refractivity contribution is -0.135. The monoisotopic (exact) mass is 335 g/mol. The quantitative estimate of drug-likeness (QED) is 0.437. The molecule has 1 unspecified atom stereocenters. The molecule has 1 saturated heterocycles. The van der Waals surface area contributed by atoms with Crippen LogP contribution in [0, 0.1) is 0 Å². The highest BCUT2D eigenvalue weighted by molar-refractivity contribution is 8.22. The average Bonchev–Trinajstić information content (AvgIpc) is 2.47. The highest BCUT2D eigenvalue weighted by Gasteiger charge is 2.73. The molecule has 0 bridgehead atoms. The third-order valence-electron chi connectivity index (χ3n) is 3.56. The third kappa shape index (κ3) is 3.57. The number of carbonyl (C=O) groups excluding carboxylic acids is 2. The molecule has 1 heterocycles. The van der Waals surface area contributed by atoms with Crippen LogP contribution in [0.3, 0.4) is 0 Å². The average molecular weight is 335 g/mol. The van der Waals surface area contributed by atoms with Gasteiger partial charge in [-0.25, -0.2) is 0 Å². The van der Waals surface area contributed by atoms with E-state index in [-0.39, 0.29) is 0 Å². The van der Waals surface area contributed by atoms with Crippen molar-refractivity contribution in [2.45, 2.75) is 30.6 Å². The number of hydrogen-bond acceptors (Lipinski definition) is 7. The van der Waals surface area contributed by atoms with Gasteiger partial charge in [-0.1, -0.05) is 31.5 Å². The first-order valence-corrected chi connectivity index (χ1v) is 9.60. The van der Waals surface area contributed by atoms with E-state index >= 15 is 0 Å². The van der Waals surface area contributed by atoms with Crippen LogP contribution in [0.5, 0.6) is 0 Å². The highest BCUT2D eigenvalue weighted by Crippen LogP contribution is 2.50. The summed E-state index contributed by atoms with van der Waals surface area (Å²) in [6.45, 7) is 3.13. The Labute approximate surface area is 131 Å². The van der Waals surface area contributed by atoms with E-state index in [2.05, 4.69) is 0 Å². The van der Waals surface area contributed by atoms with Crippen LogP contribution in [0.2, 0.25) is 0 Å². The second-order valence-corrected chi connectivity index (χ2v) is 9.97. The maximum atomic E-state index is 12.3. The van der Waals surface area contributed by atoms with E-state index in [4.69, 9.17) is 13.3 Å². The molecule has 1 fully saturated rings. The molecule has 6 nitrogen and oxygen atoms in total. The van der Waals surface area contributed by atoms with Gasteiger partial charge < -0.3 is 18.2 Å². The van der Waals surface area contributed by atoms with Crippen molar-refractivity contribution in [1.29, 1.82) is 0 Å². The molecule has 0 amide bonds. The number of rotatable bonds is 10. The molecule has 1 aliphatic rings. The summed E-state index contributed by atoms with van der Waals surface area (Å²) < 4.78 is 16.1. The number of likely N-dealkylation sites (N-methyl/N-ethyl adjacent to an activating group) is 1. The van der Waals surface area contributed by atoms with Gasteiger partial charge in [-0.05, 0) is 20.5 Å². The van der Waals surface area contributed by atoms with Gasteiger partial charge in [0.15, 0.2) is 4.37 Å². The normalized spacial score (nSPS) is 22.8. The fraction of sp³-hybridized carbons (Fsp3) is 0.846. The minimum atomic E-state index is -3.25. The molecule has 1 rings (SSSR count). The summed E-state index contributed by atoms with van der Waals surface area (Å²) in [5, 5.41) is -0.423. The maximum Gasteiger partial charge on any atom is 0.526 e. The lowest BCUT2D eigenvalue weighted by Crippen LogP contribution is -2.72. The smallest absolute Gasteiger partial charge is 0.376 e. The zero-order chi connectivity index (χ0) is 16.1. The van der Waals surface area contributed by atoms with Crippen LogP contribution in [0.15, 0.2) is 0 Å². The van der Waals surface area contributed by atoms with E-state index in [0.29, 0.717) is 19.6 Å². The molecule has 1 atom stereocenters. The third-order valence-corrected chi connectivity index (χ3v) is 8.85. The van der Waals surface area contributed by atoms with Crippen molar-refractivity contribution in [3.8, 4) is 0 Å². The summed E-state index contributed by atoms with van der Waals surface area (Å²) >= 11 is 1.02. The number of nitrogens with zero attached hydrogens (tertiary/aromatic N) is 1. The molecule has 0 spiro atoms. The van der Waals surface area contributed by atoms with Gasteiger partial charge in [-0.3, -0.25) is 9.59 Å². The number of Topliss-reactive ketones (excluding diaryl/α,β-unsaturated/α-hetero) is 1. The fourth-order valence-electron chi connectivity index (χ4n) is 2.32. The van der Waals surface area contributed by atoms with Crippen LogP contribution < -0.4 is 0 Å². The predicted octanol–water partition coefficient (Wildman–Crippen LogP) is 1.11. The summed E-state index contributed by atoms with van der Waals surface area (Å²) in [4.78, 5) is 25.8. The number of unbranched alkanes of at least 4 members (excludes halogenated alkanes) is 1. The van der Waals surface area contributed by atoms with Crippen LogP contribution in [-0.4, -0.2) is 70.4 Å².